The Balaban J connectivity index is 0.00000192. The second-order valence-electron chi connectivity index (χ2n) is 6.05. The number of nitrogens with one attached hydrogen (secondary N) is 2. The summed E-state index contributed by atoms with van der Waals surface area (Å²) in [7, 11) is 1.82. The fourth-order valence-electron chi connectivity index (χ4n) is 2.58. The van der Waals surface area contributed by atoms with Crippen LogP contribution in [0.2, 0.25) is 0 Å². The summed E-state index contributed by atoms with van der Waals surface area (Å²) in [5.74, 6) is 0.903. The lowest BCUT2D eigenvalue weighted by molar-refractivity contribution is 0.0342. The van der Waals surface area contributed by atoms with E-state index in [1.807, 2.05) is 7.05 Å². The van der Waals surface area contributed by atoms with E-state index in [1.165, 1.54) is 24.0 Å². The molecule has 0 aromatic heterocycles. The zero-order valence-electron chi connectivity index (χ0n) is 13.8. The van der Waals surface area contributed by atoms with Gasteiger partial charge in [0, 0.05) is 39.3 Å². The number of rotatable bonds is 5. The van der Waals surface area contributed by atoms with Gasteiger partial charge in [0.2, 0.25) is 0 Å². The summed E-state index contributed by atoms with van der Waals surface area (Å²) in [6.45, 7) is 5.61. The van der Waals surface area contributed by atoms with Gasteiger partial charge >= 0.3 is 0 Å². The van der Waals surface area contributed by atoms with Crippen LogP contribution in [0, 0.1) is 0 Å². The van der Waals surface area contributed by atoms with Crippen LogP contribution in [0.1, 0.15) is 24.0 Å². The van der Waals surface area contributed by atoms with Crippen LogP contribution in [0.3, 0.4) is 0 Å². The molecule has 0 bridgehead atoms. The molecule has 5 nitrogen and oxygen atoms in total. The molecule has 1 heterocycles. The Kier molecular flexibility index (Phi) is 7.58. The maximum Gasteiger partial charge on any atom is 0.191 e. The first-order valence-corrected chi connectivity index (χ1v) is 8.18. The molecule has 0 radical (unpaired) electrons. The van der Waals surface area contributed by atoms with Crippen LogP contribution in [0.4, 0.5) is 0 Å². The average Bonchev–Trinajstić information content (AvgIpc) is 3.38. The van der Waals surface area contributed by atoms with E-state index in [-0.39, 0.29) is 24.0 Å². The standard InChI is InChI=1S/C17H26N4O.HI/c1-18-17(20-16-6-7-16)19-12-14-2-4-15(5-3-14)13-21-8-10-22-11-9-21;/h2-5,16H,6-13H2,1H3,(H2,18,19,20);1H. The van der Waals surface area contributed by atoms with Crippen LogP contribution in [0.5, 0.6) is 0 Å². The first-order chi connectivity index (χ1) is 10.8. The molecule has 1 aliphatic heterocycles. The smallest absolute Gasteiger partial charge is 0.191 e. The van der Waals surface area contributed by atoms with E-state index in [2.05, 4.69) is 44.8 Å². The first kappa shape index (κ1) is 18.5. The third-order valence-corrected chi connectivity index (χ3v) is 4.13. The number of aliphatic imine (C=N–C) groups is 1. The molecule has 0 spiro atoms. The molecule has 2 N–H and O–H groups in total. The van der Waals surface area contributed by atoms with Crippen molar-refractivity contribution in [1.29, 1.82) is 0 Å². The van der Waals surface area contributed by atoms with E-state index in [1.54, 1.807) is 0 Å². The van der Waals surface area contributed by atoms with Crippen LogP contribution < -0.4 is 10.6 Å². The molecular formula is C17H27IN4O. The molecule has 1 aliphatic carbocycles. The third-order valence-electron chi connectivity index (χ3n) is 4.13. The summed E-state index contributed by atoms with van der Waals surface area (Å²) in [6.07, 6.45) is 2.52. The lowest BCUT2D eigenvalue weighted by Crippen LogP contribution is -2.38. The zero-order valence-corrected chi connectivity index (χ0v) is 16.1. The highest BCUT2D eigenvalue weighted by Gasteiger charge is 2.21. The summed E-state index contributed by atoms with van der Waals surface area (Å²) in [5.41, 5.74) is 2.65. The maximum absolute atomic E-state index is 5.39. The average molecular weight is 430 g/mol. The van der Waals surface area contributed by atoms with Gasteiger partial charge in [0.05, 0.1) is 13.2 Å². The van der Waals surface area contributed by atoms with Crippen molar-refractivity contribution < 1.29 is 4.74 Å². The highest BCUT2D eigenvalue weighted by molar-refractivity contribution is 14.0. The van der Waals surface area contributed by atoms with Crippen LogP contribution >= 0.6 is 24.0 Å². The Labute approximate surface area is 155 Å². The van der Waals surface area contributed by atoms with Crippen LogP contribution in [0.15, 0.2) is 29.3 Å². The highest BCUT2D eigenvalue weighted by atomic mass is 127. The van der Waals surface area contributed by atoms with E-state index < -0.39 is 0 Å². The highest BCUT2D eigenvalue weighted by Crippen LogP contribution is 2.18. The van der Waals surface area contributed by atoms with Crippen molar-refractivity contribution in [2.24, 2.45) is 4.99 Å². The van der Waals surface area contributed by atoms with E-state index >= 15 is 0 Å². The molecule has 23 heavy (non-hydrogen) atoms. The summed E-state index contributed by atoms with van der Waals surface area (Å²) in [6, 6.07) is 9.48. The SMILES string of the molecule is CN=C(NCc1ccc(CN2CCOCC2)cc1)NC1CC1.I. The van der Waals surface area contributed by atoms with Crippen LogP contribution in [-0.4, -0.2) is 50.3 Å². The molecule has 1 saturated heterocycles. The van der Waals surface area contributed by atoms with Crippen molar-refractivity contribution in [3.8, 4) is 0 Å². The van der Waals surface area contributed by atoms with Gasteiger partial charge < -0.3 is 15.4 Å². The molecule has 128 valence electrons. The fourth-order valence-corrected chi connectivity index (χ4v) is 2.58. The van der Waals surface area contributed by atoms with Gasteiger partial charge in [0.25, 0.3) is 0 Å². The number of benzene rings is 1. The lowest BCUT2D eigenvalue weighted by Gasteiger charge is -2.26. The van der Waals surface area contributed by atoms with Gasteiger partial charge in [0.15, 0.2) is 5.96 Å². The van der Waals surface area contributed by atoms with Crippen LogP contribution in [0.25, 0.3) is 0 Å². The van der Waals surface area contributed by atoms with Gasteiger partial charge in [-0.05, 0) is 24.0 Å². The number of guanidine groups is 1. The minimum atomic E-state index is 0. The molecule has 6 heteroatoms. The number of nitrogens with zero attached hydrogens (tertiary/aromatic N) is 2. The summed E-state index contributed by atoms with van der Waals surface area (Å²) < 4.78 is 5.39. The van der Waals surface area contributed by atoms with Gasteiger partial charge in [0.1, 0.15) is 0 Å². The molecule has 2 aliphatic rings. The second-order valence-corrected chi connectivity index (χ2v) is 6.05. The van der Waals surface area contributed by atoms with Crippen molar-refractivity contribution in [3.63, 3.8) is 0 Å². The molecule has 1 aromatic rings. The van der Waals surface area contributed by atoms with Crippen LogP contribution in [-0.2, 0) is 17.8 Å². The van der Waals surface area contributed by atoms with E-state index in [9.17, 15) is 0 Å². The Morgan fingerprint density at radius 1 is 1.17 bits per heavy atom. The summed E-state index contributed by atoms with van der Waals surface area (Å²) >= 11 is 0. The Hall–Kier alpha value is -0.860. The van der Waals surface area contributed by atoms with Crippen molar-refractivity contribution in [2.45, 2.75) is 32.0 Å². The van der Waals surface area contributed by atoms with Crippen molar-refractivity contribution in [3.05, 3.63) is 35.4 Å². The molecule has 3 rings (SSSR count). The lowest BCUT2D eigenvalue weighted by atomic mass is 10.1. The minimum Gasteiger partial charge on any atom is -0.379 e. The zero-order chi connectivity index (χ0) is 15.2. The van der Waals surface area contributed by atoms with Gasteiger partial charge in [-0.2, -0.15) is 0 Å². The minimum absolute atomic E-state index is 0. The molecule has 1 aromatic carbocycles. The molecule has 2 fully saturated rings. The number of hydrogen-bond donors (Lipinski definition) is 2. The molecule has 1 saturated carbocycles. The van der Waals surface area contributed by atoms with Gasteiger partial charge in [-0.3, -0.25) is 9.89 Å². The molecular weight excluding hydrogens is 403 g/mol. The number of hydrogen-bond acceptors (Lipinski definition) is 3. The fraction of sp³-hybridized carbons (Fsp3) is 0.588. The van der Waals surface area contributed by atoms with Gasteiger partial charge in [-0.1, -0.05) is 24.3 Å². The maximum atomic E-state index is 5.39. The second kappa shape index (κ2) is 9.44. The summed E-state index contributed by atoms with van der Waals surface area (Å²) in [5, 5.41) is 6.77. The van der Waals surface area contributed by atoms with E-state index in [4.69, 9.17) is 4.74 Å². The number of morpholine rings is 1. The van der Waals surface area contributed by atoms with E-state index in [0.29, 0.717) is 6.04 Å². The van der Waals surface area contributed by atoms with Crippen molar-refractivity contribution >= 4 is 29.9 Å². The largest absolute Gasteiger partial charge is 0.379 e. The normalized spacial score (nSPS) is 19.1. The van der Waals surface area contributed by atoms with Crippen molar-refractivity contribution in [2.75, 3.05) is 33.4 Å². The quantitative estimate of drug-likeness (QED) is 0.426. The molecule has 0 atom stereocenters. The predicted octanol–water partition coefficient (Wildman–Crippen LogP) is 1.96. The number of ether oxygens (including phenoxy) is 1. The predicted molar refractivity (Wildman–Crippen MR) is 104 cm³/mol. The molecule has 0 unspecified atom stereocenters. The topological polar surface area (TPSA) is 48.9 Å². The van der Waals surface area contributed by atoms with Gasteiger partial charge in [-0.15, -0.1) is 24.0 Å². The van der Waals surface area contributed by atoms with Gasteiger partial charge in [-0.25, -0.2) is 0 Å². The first-order valence-electron chi connectivity index (χ1n) is 8.18. The number of halogens is 1. The monoisotopic (exact) mass is 430 g/mol. The Morgan fingerprint density at radius 2 is 1.83 bits per heavy atom. The third kappa shape index (κ3) is 6.27. The Bertz CT molecular complexity index is 496. The molecule has 0 amide bonds. The summed E-state index contributed by atoms with van der Waals surface area (Å²) in [4.78, 5) is 6.70. The van der Waals surface area contributed by atoms with E-state index in [0.717, 1.165) is 45.4 Å². The Morgan fingerprint density at radius 3 is 2.43 bits per heavy atom. The van der Waals surface area contributed by atoms with Crippen molar-refractivity contribution in [1.82, 2.24) is 15.5 Å².